The lowest BCUT2D eigenvalue weighted by Crippen LogP contribution is -2.05. The van der Waals surface area contributed by atoms with Crippen LogP contribution in [0.4, 0.5) is 0 Å². The molecule has 1 aromatic carbocycles. The van der Waals surface area contributed by atoms with Crippen molar-refractivity contribution in [1.82, 2.24) is 15.0 Å². The highest BCUT2D eigenvalue weighted by atomic mass is 15.5. The van der Waals surface area contributed by atoms with Crippen LogP contribution in [-0.4, -0.2) is 21.5 Å². The number of rotatable bonds is 4. The van der Waals surface area contributed by atoms with E-state index in [4.69, 9.17) is 5.73 Å². The van der Waals surface area contributed by atoms with Gasteiger partial charge >= 0.3 is 0 Å². The molecule has 2 rings (SSSR count). The molecule has 1 heterocycles. The summed E-state index contributed by atoms with van der Waals surface area (Å²) < 4.78 is 0. The predicted molar refractivity (Wildman–Crippen MR) is 60.6 cm³/mol. The van der Waals surface area contributed by atoms with Crippen molar-refractivity contribution >= 4 is 11.0 Å². The van der Waals surface area contributed by atoms with E-state index in [1.807, 2.05) is 6.07 Å². The van der Waals surface area contributed by atoms with E-state index in [0.29, 0.717) is 0 Å². The first kappa shape index (κ1) is 10.1. The van der Waals surface area contributed by atoms with Crippen molar-refractivity contribution in [3.8, 4) is 0 Å². The molecular formula is C11H16N4. The van der Waals surface area contributed by atoms with Crippen molar-refractivity contribution in [1.29, 1.82) is 0 Å². The van der Waals surface area contributed by atoms with Crippen molar-refractivity contribution in [2.75, 3.05) is 6.54 Å². The van der Waals surface area contributed by atoms with Gasteiger partial charge in [-0.2, -0.15) is 15.0 Å². The number of hydrogen-bond acceptors (Lipinski definition) is 3. The third kappa shape index (κ3) is 2.33. The second kappa shape index (κ2) is 4.40. The molecule has 0 aliphatic heterocycles. The van der Waals surface area contributed by atoms with Crippen LogP contribution in [0.15, 0.2) is 18.2 Å². The van der Waals surface area contributed by atoms with Crippen LogP contribution in [-0.2, 0) is 6.54 Å². The summed E-state index contributed by atoms with van der Waals surface area (Å²) in [5.74, 6) is 0. The topological polar surface area (TPSA) is 56.7 Å². The number of hydrogen-bond donors (Lipinski definition) is 1. The van der Waals surface area contributed by atoms with E-state index >= 15 is 0 Å². The maximum Gasteiger partial charge on any atom is 0.113 e. The molecule has 0 aliphatic rings. The first-order valence-corrected chi connectivity index (χ1v) is 5.31. The summed E-state index contributed by atoms with van der Waals surface area (Å²) in [6, 6.07) is 6.13. The normalized spacial score (nSPS) is 11.1. The first-order chi connectivity index (χ1) is 7.29. The molecule has 0 radical (unpaired) electrons. The van der Waals surface area contributed by atoms with Crippen LogP contribution < -0.4 is 5.73 Å². The fourth-order valence-electron chi connectivity index (χ4n) is 1.57. The SMILES string of the molecule is Cc1ccc2nn(CCCCN)nc2c1. The molecule has 1 aromatic heterocycles. The minimum atomic E-state index is 0.736. The molecule has 4 heteroatoms. The molecule has 0 saturated heterocycles. The molecular weight excluding hydrogens is 188 g/mol. The summed E-state index contributed by atoms with van der Waals surface area (Å²) in [6.45, 7) is 3.65. The van der Waals surface area contributed by atoms with E-state index in [1.165, 1.54) is 5.56 Å². The minimum absolute atomic E-state index is 0.736. The van der Waals surface area contributed by atoms with E-state index in [2.05, 4.69) is 29.3 Å². The molecule has 0 saturated carbocycles. The van der Waals surface area contributed by atoms with E-state index in [-0.39, 0.29) is 0 Å². The van der Waals surface area contributed by atoms with Gasteiger partial charge in [0, 0.05) is 0 Å². The van der Waals surface area contributed by atoms with Gasteiger partial charge < -0.3 is 5.73 Å². The predicted octanol–water partition coefficient (Wildman–Crippen LogP) is 1.48. The molecule has 0 unspecified atom stereocenters. The number of aromatic nitrogens is 3. The van der Waals surface area contributed by atoms with Gasteiger partial charge in [-0.15, -0.1) is 0 Å². The largest absolute Gasteiger partial charge is 0.330 e. The fourth-order valence-corrected chi connectivity index (χ4v) is 1.57. The second-order valence-electron chi connectivity index (χ2n) is 3.78. The zero-order valence-electron chi connectivity index (χ0n) is 8.98. The highest BCUT2D eigenvalue weighted by Crippen LogP contribution is 2.10. The van der Waals surface area contributed by atoms with Crippen molar-refractivity contribution in [2.24, 2.45) is 5.73 Å². The molecule has 0 fully saturated rings. The van der Waals surface area contributed by atoms with Gasteiger partial charge in [0.15, 0.2) is 0 Å². The van der Waals surface area contributed by atoms with E-state index in [9.17, 15) is 0 Å². The molecule has 80 valence electrons. The van der Waals surface area contributed by atoms with E-state index in [0.717, 1.165) is 37.0 Å². The van der Waals surface area contributed by atoms with Crippen molar-refractivity contribution in [3.63, 3.8) is 0 Å². The quantitative estimate of drug-likeness (QED) is 0.767. The first-order valence-electron chi connectivity index (χ1n) is 5.31. The fraction of sp³-hybridized carbons (Fsp3) is 0.455. The van der Waals surface area contributed by atoms with Crippen LogP contribution in [0.25, 0.3) is 11.0 Å². The number of unbranched alkanes of at least 4 members (excludes halogenated alkanes) is 1. The number of fused-ring (bicyclic) bond motifs is 1. The Morgan fingerprint density at radius 1 is 1.20 bits per heavy atom. The number of nitrogens with two attached hydrogens (primary N) is 1. The molecule has 4 nitrogen and oxygen atoms in total. The van der Waals surface area contributed by atoms with Crippen LogP contribution in [0.2, 0.25) is 0 Å². The molecule has 0 bridgehead atoms. The number of benzene rings is 1. The lowest BCUT2D eigenvalue weighted by molar-refractivity contribution is 0.508. The van der Waals surface area contributed by atoms with Crippen LogP contribution in [0.3, 0.4) is 0 Å². The third-order valence-electron chi connectivity index (χ3n) is 2.39. The summed E-state index contributed by atoms with van der Waals surface area (Å²) in [6.07, 6.45) is 2.06. The highest BCUT2D eigenvalue weighted by Gasteiger charge is 2.01. The Hall–Kier alpha value is -1.42. The van der Waals surface area contributed by atoms with Crippen LogP contribution in [0, 0.1) is 6.92 Å². The van der Waals surface area contributed by atoms with Gasteiger partial charge in [-0.05, 0) is 44.0 Å². The van der Waals surface area contributed by atoms with Crippen LogP contribution in [0.5, 0.6) is 0 Å². The standard InChI is InChI=1S/C11H16N4/c1-9-4-5-10-11(8-9)14-15(13-10)7-3-2-6-12/h4-5,8H,2-3,6-7,12H2,1H3. The molecule has 2 aromatic rings. The molecule has 2 N–H and O–H groups in total. The van der Waals surface area contributed by atoms with Crippen LogP contribution >= 0.6 is 0 Å². The summed E-state index contributed by atoms with van der Waals surface area (Å²) in [4.78, 5) is 1.76. The minimum Gasteiger partial charge on any atom is -0.330 e. The average molecular weight is 204 g/mol. The molecule has 0 spiro atoms. The molecule has 0 atom stereocenters. The third-order valence-corrected chi connectivity index (χ3v) is 2.39. The second-order valence-corrected chi connectivity index (χ2v) is 3.78. The Labute approximate surface area is 89.1 Å². The molecule has 0 aliphatic carbocycles. The van der Waals surface area contributed by atoms with Gasteiger partial charge in [-0.1, -0.05) is 6.07 Å². The van der Waals surface area contributed by atoms with Gasteiger partial charge in [-0.25, -0.2) is 0 Å². The lowest BCUT2D eigenvalue weighted by atomic mass is 10.2. The van der Waals surface area contributed by atoms with Crippen molar-refractivity contribution < 1.29 is 0 Å². The number of nitrogens with zero attached hydrogens (tertiary/aromatic N) is 3. The summed E-state index contributed by atoms with van der Waals surface area (Å²) in [5.41, 5.74) is 8.60. The van der Waals surface area contributed by atoms with E-state index < -0.39 is 0 Å². The van der Waals surface area contributed by atoms with E-state index in [1.54, 1.807) is 4.80 Å². The Morgan fingerprint density at radius 2 is 2.00 bits per heavy atom. The summed E-state index contributed by atoms with van der Waals surface area (Å²) in [5, 5.41) is 8.80. The van der Waals surface area contributed by atoms with Crippen molar-refractivity contribution in [2.45, 2.75) is 26.3 Å². The molecule has 15 heavy (non-hydrogen) atoms. The smallest absolute Gasteiger partial charge is 0.113 e. The molecule has 0 amide bonds. The number of aryl methyl sites for hydroxylation is 2. The van der Waals surface area contributed by atoms with Gasteiger partial charge in [0.25, 0.3) is 0 Å². The van der Waals surface area contributed by atoms with Gasteiger partial charge in [0.2, 0.25) is 0 Å². The Kier molecular flexibility index (Phi) is 2.97. The Morgan fingerprint density at radius 3 is 2.80 bits per heavy atom. The summed E-state index contributed by atoms with van der Waals surface area (Å²) in [7, 11) is 0. The van der Waals surface area contributed by atoms with Gasteiger partial charge in [0.05, 0.1) is 6.54 Å². The maximum atomic E-state index is 5.44. The average Bonchev–Trinajstić information content (AvgIpc) is 2.60. The summed E-state index contributed by atoms with van der Waals surface area (Å²) >= 11 is 0. The van der Waals surface area contributed by atoms with Gasteiger partial charge in [-0.3, -0.25) is 0 Å². The Balaban J connectivity index is 2.16. The maximum absolute atomic E-state index is 5.44. The zero-order valence-corrected chi connectivity index (χ0v) is 8.98. The Bertz CT molecular complexity index is 447. The van der Waals surface area contributed by atoms with Crippen LogP contribution in [0.1, 0.15) is 18.4 Å². The monoisotopic (exact) mass is 204 g/mol. The highest BCUT2D eigenvalue weighted by molar-refractivity contribution is 5.74. The lowest BCUT2D eigenvalue weighted by Gasteiger charge is -1.96. The van der Waals surface area contributed by atoms with Crippen molar-refractivity contribution in [3.05, 3.63) is 23.8 Å². The zero-order chi connectivity index (χ0) is 10.7. The van der Waals surface area contributed by atoms with Gasteiger partial charge in [0.1, 0.15) is 11.0 Å².